The number of nitrogens with zero attached hydrogens (tertiary/aromatic N) is 1. The molecule has 0 saturated carbocycles. The molecule has 1 aliphatic heterocycles. The van der Waals surface area contributed by atoms with E-state index in [1.807, 2.05) is 42.5 Å². The Morgan fingerprint density at radius 2 is 1.85 bits per heavy atom. The van der Waals surface area contributed by atoms with E-state index in [1.54, 1.807) is 18.1 Å². The zero-order valence-corrected chi connectivity index (χ0v) is 15.0. The highest BCUT2D eigenvalue weighted by molar-refractivity contribution is 6.06. The number of hydrogen-bond donors (Lipinski definition) is 1. The van der Waals surface area contributed by atoms with Crippen LogP contribution in [-0.2, 0) is 0 Å². The summed E-state index contributed by atoms with van der Waals surface area (Å²) in [6, 6.07) is 16.2. The molecule has 1 saturated heterocycles. The van der Waals surface area contributed by atoms with E-state index in [0.717, 1.165) is 11.8 Å². The number of fused-ring (bicyclic) bond motifs is 1. The first-order valence-electron chi connectivity index (χ1n) is 8.87. The van der Waals surface area contributed by atoms with Crippen molar-refractivity contribution in [2.24, 2.45) is 0 Å². The molecular weight excluding hydrogens is 344 g/mol. The van der Waals surface area contributed by atoms with E-state index in [4.69, 9.17) is 9.47 Å². The molecule has 1 atom stereocenters. The fraction of sp³-hybridized carbons (Fsp3) is 0.238. The van der Waals surface area contributed by atoms with Gasteiger partial charge in [0.25, 0.3) is 5.91 Å². The first kappa shape index (κ1) is 17.1. The highest BCUT2D eigenvalue weighted by Crippen LogP contribution is 2.29. The third kappa shape index (κ3) is 3.38. The van der Waals surface area contributed by atoms with Crippen LogP contribution in [0.1, 0.15) is 16.8 Å². The maximum absolute atomic E-state index is 13.0. The minimum atomic E-state index is -0.280. The lowest BCUT2D eigenvalue weighted by Gasteiger charge is -2.19. The van der Waals surface area contributed by atoms with Gasteiger partial charge in [-0.25, -0.2) is 0 Å². The number of nitrogens with one attached hydrogen (secondary N) is 1. The van der Waals surface area contributed by atoms with Crippen LogP contribution in [0.5, 0.6) is 11.5 Å². The number of pyridine rings is 1. The van der Waals surface area contributed by atoms with Gasteiger partial charge in [0, 0.05) is 29.9 Å². The Kier molecular flexibility index (Phi) is 4.54. The average molecular weight is 364 g/mol. The molecule has 4 rings (SSSR count). The van der Waals surface area contributed by atoms with E-state index in [9.17, 15) is 9.59 Å². The van der Waals surface area contributed by atoms with Crippen LogP contribution in [0, 0.1) is 0 Å². The quantitative estimate of drug-likeness (QED) is 0.773. The number of aromatic amines is 1. The van der Waals surface area contributed by atoms with Crippen LogP contribution in [0.2, 0.25) is 0 Å². The maximum Gasteiger partial charge on any atom is 0.254 e. The largest absolute Gasteiger partial charge is 0.493 e. The van der Waals surface area contributed by atoms with Crippen molar-refractivity contribution in [3.63, 3.8) is 0 Å². The molecule has 1 aromatic heterocycles. The topological polar surface area (TPSA) is 71.6 Å². The van der Waals surface area contributed by atoms with E-state index < -0.39 is 0 Å². The van der Waals surface area contributed by atoms with Gasteiger partial charge in [-0.3, -0.25) is 9.59 Å². The third-order valence-electron chi connectivity index (χ3n) is 4.78. The van der Waals surface area contributed by atoms with Gasteiger partial charge in [-0.15, -0.1) is 0 Å². The molecule has 0 aliphatic carbocycles. The van der Waals surface area contributed by atoms with E-state index in [-0.39, 0.29) is 17.6 Å². The summed E-state index contributed by atoms with van der Waals surface area (Å²) in [5.74, 6) is 1.19. The summed E-state index contributed by atoms with van der Waals surface area (Å²) in [5, 5.41) is 0.746. The Hall–Kier alpha value is -3.28. The van der Waals surface area contributed by atoms with Crippen molar-refractivity contribution in [2.75, 3.05) is 20.2 Å². The van der Waals surface area contributed by atoms with E-state index >= 15 is 0 Å². The van der Waals surface area contributed by atoms with Crippen molar-refractivity contribution in [3.8, 4) is 11.5 Å². The third-order valence-corrected chi connectivity index (χ3v) is 4.78. The smallest absolute Gasteiger partial charge is 0.254 e. The van der Waals surface area contributed by atoms with Crippen molar-refractivity contribution in [1.82, 2.24) is 9.88 Å². The number of carbonyl (C=O) groups is 1. The summed E-state index contributed by atoms with van der Waals surface area (Å²) < 4.78 is 11.4. The second-order valence-electron chi connectivity index (χ2n) is 6.52. The Balaban J connectivity index is 1.54. The van der Waals surface area contributed by atoms with Crippen LogP contribution in [0.15, 0.2) is 59.4 Å². The summed E-state index contributed by atoms with van der Waals surface area (Å²) in [5.41, 5.74) is 0.805. The molecule has 0 spiro atoms. The van der Waals surface area contributed by atoms with Crippen molar-refractivity contribution < 1.29 is 14.3 Å². The summed E-state index contributed by atoms with van der Waals surface area (Å²) in [6.07, 6.45) is 0.615. The molecule has 1 N–H and O–H groups in total. The van der Waals surface area contributed by atoms with Gasteiger partial charge in [0.2, 0.25) is 5.56 Å². The fourth-order valence-corrected chi connectivity index (χ4v) is 3.46. The van der Waals surface area contributed by atoms with Gasteiger partial charge in [0.1, 0.15) is 6.10 Å². The predicted molar refractivity (Wildman–Crippen MR) is 102 cm³/mol. The minimum Gasteiger partial charge on any atom is -0.493 e. The molecule has 1 aliphatic rings. The Labute approximate surface area is 156 Å². The van der Waals surface area contributed by atoms with Gasteiger partial charge in [-0.2, -0.15) is 0 Å². The molecule has 2 aromatic carbocycles. The van der Waals surface area contributed by atoms with Crippen molar-refractivity contribution in [1.29, 1.82) is 0 Å². The number of rotatable bonds is 4. The molecule has 27 heavy (non-hydrogen) atoms. The first-order valence-corrected chi connectivity index (χ1v) is 8.87. The molecule has 3 aromatic rings. The monoisotopic (exact) mass is 364 g/mol. The Morgan fingerprint density at radius 1 is 1.11 bits per heavy atom. The normalized spacial score (nSPS) is 16.5. The number of methoxy groups -OCH3 is 1. The number of ether oxygens (including phenoxy) is 2. The van der Waals surface area contributed by atoms with Crippen LogP contribution in [0.4, 0.5) is 0 Å². The zero-order chi connectivity index (χ0) is 18.8. The number of H-pyrrole nitrogens is 1. The molecule has 1 fully saturated rings. The SMILES string of the molecule is COc1ccccc1OC1CCN(C(=O)c2cc(=O)[nH]c3ccccc23)C1. The number of likely N-dealkylation sites (tertiary alicyclic amines) is 1. The number of aromatic nitrogens is 1. The van der Waals surface area contributed by atoms with Gasteiger partial charge in [-0.05, 0) is 18.2 Å². The van der Waals surface area contributed by atoms with Gasteiger partial charge in [0.05, 0.1) is 19.2 Å². The second kappa shape index (κ2) is 7.15. The highest BCUT2D eigenvalue weighted by Gasteiger charge is 2.29. The number of para-hydroxylation sites is 3. The number of hydrogen-bond acceptors (Lipinski definition) is 4. The minimum absolute atomic E-state index is 0.112. The number of amides is 1. The lowest BCUT2D eigenvalue weighted by Crippen LogP contribution is -2.31. The van der Waals surface area contributed by atoms with E-state index in [0.29, 0.717) is 35.7 Å². The molecule has 1 amide bonds. The lowest BCUT2D eigenvalue weighted by atomic mass is 10.1. The summed E-state index contributed by atoms with van der Waals surface area (Å²) >= 11 is 0. The Bertz CT molecular complexity index is 1040. The highest BCUT2D eigenvalue weighted by atomic mass is 16.5. The van der Waals surface area contributed by atoms with Crippen molar-refractivity contribution >= 4 is 16.8 Å². The summed E-state index contributed by atoms with van der Waals surface area (Å²) in [4.78, 5) is 29.5. The fourth-order valence-electron chi connectivity index (χ4n) is 3.46. The van der Waals surface area contributed by atoms with Crippen LogP contribution in [-0.4, -0.2) is 42.1 Å². The summed E-state index contributed by atoms with van der Waals surface area (Å²) in [6.45, 7) is 1.05. The zero-order valence-electron chi connectivity index (χ0n) is 15.0. The van der Waals surface area contributed by atoms with Crippen LogP contribution < -0.4 is 15.0 Å². The molecule has 6 heteroatoms. The van der Waals surface area contributed by atoms with Crippen LogP contribution >= 0.6 is 0 Å². The first-order chi connectivity index (χ1) is 13.2. The van der Waals surface area contributed by atoms with Crippen LogP contribution in [0.25, 0.3) is 10.9 Å². The molecule has 0 bridgehead atoms. The summed E-state index contributed by atoms with van der Waals surface area (Å²) in [7, 11) is 1.60. The molecule has 138 valence electrons. The molecular formula is C21H20N2O4. The van der Waals surface area contributed by atoms with Gasteiger partial charge < -0.3 is 19.4 Å². The van der Waals surface area contributed by atoms with Crippen LogP contribution in [0.3, 0.4) is 0 Å². The molecule has 0 radical (unpaired) electrons. The van der Waals surface area contributed by atoms with E-state index in [1.165, 1.54) is 6.07 Å². The number of benzene rings is 2. The van der Waals surface area contributed by atoms with Gasteiger partial charge >= 0.3 is 0 Å². The van der Waals surface area contributed by atoms with Gasteiger partial charge in [0.15, 0.2) is 11.5 Å². The van der Waals surface area contributed by atoms with Crippen molar-refractivity contribution in [2.45, 2.75) is 12.5 Å². The Morgan fingerprint density at radius 3 is 2.67 bits per heavy atom. The average Bonchev–Trinajstić information content (AvgIpc) is 3.15. The molecule has 2 heterocycles. The molecule has 1 unspecified atom stereocenters. The lowest BCUT2D eigenvalue weighted by molar-refractivity contribution is 0.0773. The number of carbonyl (C=O) groups excluding carboxylic acids is 1. The maximum atomic E-state index is 13.0. The van der Waals surface area contributed by atoms with Gasteiger partial charge in [-0.1, -0.05) is 30.3 Å². The molecule has 6 nitrogen and oxygen atoms in total. The van der Waals surface area contributed by atoms with Crippen molar-refractivity contribution in [3.05, 3.63) is 70.5 Å². The predicted octanol–water partition coefficient (Wildman–Crippen LogP) is 2.83. The standard InChI is InChI=1S/C21H20N2O4/c1-26-18-8-4-5-9-19(18)27-14-10-11-23(13-14)21(25)16-12-20(24)22-17-7-3-2-6-15(16)17/h2-9,12,14H,10-11,13H2,1H3,(H,22,24). The van der Waals surface area contributed by atoms with E-state index in [2.05, 4.69) is 4.98 Å². The second-order valence-corrected chi connectivity index (χ2v) is 6.52.